The van der Waals surface area contributed by atoms with Crippen LogP contribution < -0.4 is 5.32 Å². The van der Waals surface area contributed by atoms with Gasteiger partial charge in [-0.3, -0.25) is 14.5 Å². The number of aliphatic hydroxyl groups excluding tert-OH is 2. The van der Waals surface area contributed by atoms with Gasteiger partial charge in [0.05, 0.1) is 31.3 Å². The fraction of sp³-hybridized carbons (Fsp3) is 0.412. The summed E-state index contributed by atoms with van der Waals surface area (Å²) in [7, 11) is 1.99. The number of aliphatic carboxylic acids is 1. The lowest BCUT2D eigenvalue weighted by Crippen LogP contribution is -2.46. The van der Waals surface area contributed by atoms with Crippen molar-refractivity contribution >= 4 is 11.9 Å². The Morgan fingerprint density at radius 3 is 2.16 bits per heavy atom. The third-order valence-electron chi connectivity index (χ3n) is 8.19. The molecule has 1 fully saturated rings. The number of carboxylic acids is 1. The number of amides is 1. The largest absolute Gasteiger partial charge is 0.481 e. The number of ether oxygens (including phenoxy) is 2. The number of nitrogens with one attached hydrogen (secondary N) is 1. The molecule has 1 saturated heterocycles. The van der Waals surface area contributed by atoms with Gasteiger partial charge in [-0.2, -0.15) is 0 Å². The normalized spacial score (nSPS) is 21.7. The smallest absolute Gasteiger partial charge is 0.303 e. The lowest BCUT2D eigenvalue weighted by atomic mass is 9.89. The van der Waals surface area contributed by atoms with Gasteiger partial charge in [0.15, 0.2) is 6.29 Å². The van der Waals surface area contributed by atoms with Gasteiger partial charge in [0.1, 0.15) is 0 Å². The second-order valence-corrected chi connectivity index (χ2v) is 11.3. The summed E-state index contributed by atoms with van der Waals surface area (Å²) in [5.41, 5.74) is 4.37. The molecule has 3 aromatic rings. The first kappa shape index (κ1) is 32.3. The van der Waals surface area contributed by atoms with Crippen LogP contribution in [-0.2, 0) is 32.2 Å². The van der Waals surface area contributed by atoms with Crippen molar-refractivity contribution in [3.8, 4) is 0 Å². The molecule has 4 N–H and O–H groups in total. The van der Waals surface area contributed by atoms with Crippen LogP contribution in [0.2, 0.25) is 0 Å². The Morgan fingerprint density at radius 2 is 1.53 bits per heavy atom. The Bertz CT molecular complexity index is 1320. The van der Waals surface area contributed by atoms with Crippen LogP contribution in [0.3, 0.4) is 0 Å². The Hall–Kier alpha value is -3.60. The standard InChI is InChI=1S/C34H42N2O7/c1-22-29(20-36(3)23(2)32(41)26-7-5-4-6-8-26)42-34(43-33(22)27-13-11-25(21-37)12-14-27)28-15-9-24(10-16-28)19-35-30(38)17-18-31(39)40/h4-16,22-23,29,32-34,37,41H,17-21H2,1-3H3,(H,35,38)(H,39,40)/t22-,23-,29+,32-,33+,34+/m1/s1. The highest BCUT2D eigenvalue weighted by atomic mass is 16.7. The van der Waals surface area contributed by atoms with Crippen LogP contribution >= 0.6 is 0 Å². The van der Waals surface area contributed by atoms with Crippen LogP contribution in [0.5, 0.6) is 0 Å². The van der Waals surface area contributed by atoms with Gasteiger partial charge in [-0.25, -0.2) is 0 Å². The number of likely N-dealkylation sites (N-methyl/N-ethyl adjacent to an activating group) is 1. The SMILES string of the molecule is C[C@@H]1[C@H](CN(C)[C@H](C)[C@@H](O)c2ccccc2)O[C@H](c2ccc(CNC(=O)CCC(=O)O)cc2)O[C@@H]1c1ccc(CO)cc1. The monoisotopic (exact) mass is 590 g/mol. The van der Waals surface area contributed by atoms with Crippen LogP contribution in [-0.4, -0.2) is 57.8 Å². The van der Waals surface area contributed by atoms with Crippen molar-refractivity contribution in [2.75, 3.05) is 13.6 Å². The molecule has 1 amide bonds. The summed E-state index contributed by atoms with van der Waals surface area (Å²) in [5.74, 6) is -1.33. The number of carbonyl (C=O) groups is 2. The van der Waals surface area contributed by atoms with Gasteiger partial charge in [0.25, 0.3) is 0 Å². The molecule has 9 heteroatoms. The summed E-state index contributed by atoms with van der Waals surface area (Å²) in [6.45, 7) is 4.93. The molecule has 0 bridgehead atoms. The van der Waals surface area contributed by atoms with E-state index in [0.29, 0.717) is 6.54 Å². The van der Waals surface area contributed by atoms with Crippen LogP contribution in [0, 0.1) is 5.92 Å². The van der Waals surface area contributed by atoms with Crippen LogP contribution in [0.25, 0.3) is 0 Å². The van der Waals surface area contributed by atoms with E-state index in [9.17, 15) is 19.8 Å². The van der Waals surface area contributed by atoms with Crippen molar-refractivity contribution in [1.82, 2.24) is 10.2 Å². The molecule has 4 rings (SSSR count). The Labute approximate surface area is 253 Å². The third-order valence-corrected chi connectivity index (χ3v) is 8.19. The lowest BCUT2D eigenvalue weighted by Gasteiger charge is -2.43. The minimum absolute atomic E-state index is 0.0139. The predicted molar refractivity (Wildman–Crippen MR) is 162 cm³/mol. The molecule has 43 heavy (non-hydrogen) atoms. The maximum atomic E-state index is 11.9. The predicted octanol–water partition coefficient (Wildman–Crippen LogP) is 4.51. The zero-order valence-electron chi connectivity index (χ0n) is 24.9. The first-order valence-electron chi connectivity index (χ1n) is 14.7. The molecule has 3 aromatic carbocycles. The van der Waals surface area contributed by atoms with Crippen molar-refractivity contribution in [3.63, 3.8) is 0 Å². The van der Waals surface area contributed by atoms with Crippen molar-refractivity contribution in [2.24, 2.45) is 5.92 Å². The van der Waals surface area contributed by atoms with E-state index in [0.717, 1.165) is 27.8 Å². The fourth-order valence-electron chi connectivity index (χ4n) is 5.25. The summed E-state index contributed by atoms with van der Waals surface area (Å²) in [6.07, 6.45) is -2.06. The lowest BCUT2D eigenvalue weighted by molar-refractivity contribution is -0.276. The molecule has 0 aromatic heterocycles. The maximum absolute atomic E-state index is 11.9. The van der Waals surface area contributed by atoms with Crippen molar-refractivity contribution in [1.29, 1.82) is 0 Å². The molecular weight excluding hydrogens is 548 g/mol. The minimum atomic E-state index is -1.00. The second-order valence-electron chi connectivity index (χ2n) is 11.3. The molecule has 1 aliphatic rings. The Morgan fingerprint density at radius 1 is 0.907 bits per heavy atom. The fourth-order valence-corrected chi connectivity index (χ4v) is 5.25. The summed E-state index contributed by atoms with van der Waals surface area (Å²) >= 11 is 0. The highest BCUT2D eigenvalue weighted by Gasteiger charge is 2.39. The highest BCUT2D eigenvalue weighted by molar-refractivity contribution is 5.80. The highest BCUT2D eigenvalue weighted by Crippen LogP contribution is 2.42. The number of nitrogens with zero attached hydrogens (tertiary/aromatic N) is 1. The number of rotatable bonds is 13. The van der Waals surface area contributed by atoms with E-state index < -0.39 is 18.4 Å². The van der Waals surface area contributed by atoms with Gasteiger partial charge < -0.3 is 30.1 Å². The van der Waals surface area contributed by atoms with Crippen molar-refractivity contribution in [3.05, 3.63) is 107 Å². The average molecular weight is 591 g/mol. The maximum Gasteiger partial charge on any atom is 0.303 e. The van der Waals surface area contributed by atoms with Gasteiger partial charge >= 0.3 is 5.97 Å². The number of aliphatic hydroxyl groups is 2. The zero-order valence-corrected chi connectivity index (χ0v) is 24.9. The molecule has 1 heterocycles. The number of carboxylic acid groups (broad SMARTS) is 1. The molecule has 6 atom stereocenters. The number of benzene rings is 3. The van der Waals surface area contributed by atoms with Gasteiger partial charge in [-0.15, -0.1) is 0 Å². The van der Waals surface area contributed by atoms with Crippen LogP contribution in [0.1, 0.15) is 73.0 Å². The zero-order chi connectivity index (χ0) is 30.9. The number of hydrogen-bond donors (Lipinski definition) is 4. The number of carbonyl (C=O) groups excluding carboxylic acids is 1. The van der Waals surface area contributed by atoms with E-state index in [1.807, 2.05) is 92.8 Å². The van der Waals surface area contributed by atoms with Gasteiger partial charge in [0, 0.05) is 37.0 Å². The van der Waals surface area contributed by atoms with E-state index in [2.05, 4.69) is 17.1 Å². The first-order chi connectivity index (χ1) is 20.7. The quantitative estimate of drug-likeness (QED) is 0.229. The van der Waals surface area contributed by atoms with E-state index in [-0.39, 0.29) is 56.1 Å². The molecule has 1 aliphatic heterocycles. The summed E-state index contributed by atoms with van der Waals surface area (Å²) in [6, 6.07) is 24.8. The van der Waals surface area contributed by atoms with Gasteiger partial charge in [-0.1, -0.05) is 85.8 Å². The molecule has 0 spiro atoms. The minimum Gasteiger partial charge on any atom is -0.481 e. The first-order valence-corrected chi connectivity index (χ1v) is 14.7. The molecule has 0 aliphatic carbocycles. The molecular formula is C34H42N2O7. The van der Waals surface area contributed by atoms with Gasteiger partial charge in [0.2, 0.25) is 5.91 Å². The van der Waals surface area contributed by atoms with E-state index in [1.54, 1.807) is 0 Å². The molecule has 0 unspecified atom stereocenters. The van der Waals surface area contributed by atoms with E-state index in [4.69, 9.17) is 14.6 Å². The Balaban J connectivity index is 1.49. The average Bonchev–Trinajstić information content (AvgIpc) is 3.03. The summed E-state index contributed by atoms with van der Waals surface area (Å²) in [4.78, 5) is 24.7. The summed E-state index contributed by atoms with van der Waals surface area (Å²) in [5, 5.41) is 32.1. The Kier molecular flexibility index (Phi) is 11.4. The molecule has 0 saturated carbocycles. The van der Waals surface area contributed by atoms with E-state index in [1.165, 1.54) is 0 Å². The van der Waals surface area contributed by atoms with Crippen LogP contribution in [0.15, 0.2) is 78.9 Å². The molecule has 230 valence electrons. The number of hydrogen-bond acceptors (Lipinski definition) is 7. The molecule has 9 nitrogen and oxygen atoms in total. The van der Waals surface area contributed by atoms with Crippen molar-refractivity contribution < 1.29 is 34.4 Å². The molecule has 0 radical (unpaired) electrons. The van der Waals surface area contributed by atoms with Crippen molar-refractivity contribution in [2.45, 2.75) is 70.5 Å². The summed E-state index contributed by atoms with van der Waals surface area (Å²) < 4.78 is 13.1. The topological polar surface area (TPSA) is 129 Å². The second kappa shape index (κ2) is 15.2. The van der Waals surface area contributed by atoms with Gasteiger partial charge in [-0.05, 0) is 36.2 Å². The van der Waals surface area contributed by atoms with E-state index >= 15 is 0 Å². The van der Waals surface area contributed by atoms with Crippen LogP contribution in [0.4, 0.5) is 0 Å². The third kappa shape index (κ3) is 8.72.